The highest BCUT2D eigenvalue weighted by atomic mass is 35.5. The van der Waals surface area contributed by atoms with E-state index in [2.05, 4.69) is 20.4 Å². The highest BCUT2D eigenvalue weighted by Crippen LogP contribution is 2.33. The number of pyridine rings is 1. The van der Waals surface area contributed by atoms with Crippen molar-refractivity contribution in [3.63, 3.8) is 0 Å². The van der Waals surface area contributed by atoms with Crippen molar-refractivity contribution < 1.29 is 18.0 Å². The van der Waals surface area contributed by atoms with Gasteiger partial charge in [0.25, 0.3) is 5.91 Å². The SMILES string of the molecule is O=C(Nc1cc(C(F)(F)F)ccc1-n1cncn1)c1nc(Cl)ccc1Cl. The van der Waals surface area contributed by atoms with Gasteiger partial charge in [-0.3, -0.25) is 4.79 Å². The standard InChI is InChI=1S/C15H8Cl2F3N5O/c16-9-2-4-12(17)24-13(9)14(26)23-10-5-8(15(18,19)20)1-3-11(10)25-7-21-6-22-25/h1-7H,(H,23,26). The molecule has 11 heteroatoms. The van der Waals surface area contributed by atoms with E-state index in [0.29, 0.717) is 0 Å². The average Bonchev–Trinajstić information content (AvgIpc) is 3.10. The monoisotopic (exact) mass is 401 g/mol. The molecule has 0 bridgehead atoms. The minimum Gasteiger partial charge on any atom is -0.319 e. The number of alkyl halides is 3. The Morgan fingerprint density at radius 2 is 1.92 bits per heavy atom. The summed E-state index contributed by atoms with van der Waals surface area (Å²) in [5, 5.41) is 6.24. The van der Waals surface area contributed by atoms with Crippen LogP contribution in [0.25, 0.3) is 5.69 Å². The van der Waals surface area contributed by atoms with E-state index in [4.69, 9.17) is 23.2 Å². The van der Waals surface area contributed by atoms with Gasteiger partial charge in [0.15, 0.2) is 0 Å². The number of carbonyl (C=O) groups excluding carboxylic acids is 1. The van der Waals surface area contributed by atoms with Crippen molar-refractivity contribution >= 4 is 34.8 Å². The minimum atomic E-state index is -4.59. The van der Waals surface area contributed by atoms with Crippen LogP contribution in [0, 0.1) is 0 Å². The molecule has 0 aliphatic heterocycles. The van der Waals surface area contributed by atoms with E-state index in [1.54, 1.807) is 0 Å². The molecule has 1 amide bonds. The fourth-order valence-corrected chi connectivity index (χ4v) is 2.44. The number of aromatic nitrogens is 4. The maximum absolute atomic E-state index is 13.0. The van der Waals surface area contributed by atoms with Crippen LogP contribution in [-0.2, 0) is 6.18 Å². The van der Waals surface area contributed by atoms with Crippen LogP contribution in [0.2, 0.25) is 10.2 Å². The molecule has 0 saturated heterocycles. The molecule has 0 saturated carbocycles. The van der Waals surface area contributed by atoms with E-state index in [1.165, 1.54) is 35.5 Å². The van der Waals surface area contributed by atoms with Crippen molar-refractivity contribution in [3.8, 4) is 5.69 Å². The van der Waals surface area contributed by atoms with Crippen LogP contribution < -0.4 is 5.32 Å². The Labute approximate surface area is 154 Å². The van der Waals surface area contributed by atoms with Crippen LogP contribution in [0.3, 0.4) is 0 Å². The molecule has 2 heterocycles. The third-order valence-electron chi connectivity index (χ3n) is 3.26. The summed E-state index contributed by atoms with van der Waals surface area (Å²) in [5.41, 5.74) is -1.13. The fourth-order valence-electron chi connectivity index (χ4n) is 2.10. The largest absolute Gasteiger partial charge is 0.416 e. The molecular formula is C15H8Cl2F3N5O. The number of anilines is 1. The number of amides is 1. The summed E-state index contributed by atoms with van der Waals surface area (Å²) < 4.78 is 40.3. The third-order valence-corrected chi connectivity index (χ3v) is 3.78. The Kier molecular flexibility index (Phi) is 4.84. The Hall–Kier alpha value is -2.65. The average molecular weight is 402 g/mol. The molecule has 2 aromatic heterocycles. The van der Waals surface area contributed by atoms with E-state index in [1.807, 2.05) is 0 Å². The molecule has 0 unspecified atom stereocenters. The van der Waals surface area contributed by atoms with Crippen LogP contribution in [-0.4, -0.2) is 25.7 Å². The molecule has 6 nitrogen and oxygen atoms in total. The van der Waals surface area contributed by atoms with Crippen LogP contribution in [0.5, 0.6) is 0 Å². The van der Waals surface area contributed by atoms with Crippen molar-refractivity contribution in [2.75, 3.05) is 5.32 Å². The molecular weight excluding hydrogens is 394 g/mol. The molecule has 3 aromatic rings. The third kappa shape index (κ3) is 3.78. The summed E-state index contributed by atoms with van der Waals surface area (Å²) in [6.45, 7) is 0. The van der Waals surface area contributed by atoms with Crippen LogP contribution in [0.1, 0.15) is 16.1 Å². The maximum atomic E-state index is 13.0. The summed E-state index contributed by atoms with van der Waals surface area (Å²) in [6.07, 6.45) is -2.10. The molecule has 1 N–H and O–H groups in total. The van der Waals surface area contributed by atoms with Crippen LogP contribution in [0.15, 0.2) is 43.0 Å². The number of rotatable bonds is 3. The molecule has 0 fully saturated rings. The second-order valence-electron chi connectivity index (χ2n) is 4.99. The Bertz CT molecular complexity index is 960. The Morgan fingerprint density at radius 1 is 1.15 bits per heavy atom. The molecule has 0 radical (unpaired) electrons. The first kappa shape index (κ1) is 18.2. The van der Waals surface area contributed by atoms with Gasteiger partial charge >= 0.3 is 6.18 Å². The van der Waals surface area contributed by atoms with Gasteiger partial charge in [-0.2, -0.15) is 18.3 Å². The summed E-state index contributed by atoms with van der Waals surface area (Å²) in [6, 6.07) is 5.56. The topological polar surface area (TPSA) is 72.7 Å². The molecule has 1 aromatic carbocycles. The second kappa shape index (κ2) is 6.93. The molecule has 0 spiro atoms. The summed E-state index contributed by atoms with van der Waals surface area (Å²) >= 11 is 11.7. The Balaban J connectivity index is 2.04. The maximum Gasteiger partial charge on any atom is 0.416 e. The predicted molar refractivity (Wildman–Crippen MR) is 88.6 cm³/mol. The van der Waals surface area contributed by atoms with Gasteiger partial charge in [0.1, 0.15) is 23.5 Å². The van der Waals surface area contributed by atoms with Crippen LogP contribution >= 0.6 is 23.2 Å². The van der Waals surface area contributed by atoms with Gasteiger partial charge in [0.2, 0.25) is 0 Å². The van der Waals surface area contributed by atoms with E-state index in [-0.39, 0.29) is 27.2 Å². The first-order chi connectivity index (χ1) is 12.3. The van der Waals surface area contributed by atoms with Crippen molar-refractivity contribution in [2.24, 2.45) is 0 Å². The minimum absolute atomic E-state index is 0.00109. The Morgan fingerprint density at radius 3 is 2.58 bits per heavy atom. The predicted octanol–water partition coefficient (Wildman–Crippen LogP) is 4.24. The highest BCUT2D eigenvalue weighted by molar-refractivity contribution is 6.35. The number of carbonyl (C=O) groups is 1. The molecule has 0 aliphatic carbocycles. The van der Waals surface area contributed by atoms with Gasteiger partial charge in [-0.1, -0.05) is 23.2 Å². The van der Waals surface area contributed by atoms with E-state index in [9.17, 15) is 18.0 Å². The van der Waals surface area contributed by atoms with Gasteiger partial charge in [-0.05, 0) is 30.3 Å². The zero-order valence-electron chi connectivity index (χ0n) is 12.6. The number of hydrogen-bond donors (Lipinski definition) is 1. The zero-order chi connectivity index (χ0) is 18.9. The van der Waals surface area contributed by atoms with E-state index < -0.39 is 17.6 Å². The van der Waals surface area contributed by atoms with Crippen molar-refractivity contribution in [1.82, 2.24) is 19.7 Å². The first-order valence-corrected chi connectivity index (χ1v) is 7.71. The smallest absolute Gasteiger partial charge is 0.319 e. The second-order valence-corrected chi connectivity index (χ2v) is 5.78. The number of hydrogen-bond acceptors (Lipinski definition) is 4. The van der Waals surface area contributed by atoms with Gasteiger partial charge in [0.05, 0.1) is 22.0 Å². The summed E-state index contributed by atoms with van der Waals surface area (Å²) in [5.74, 6) is -0.821. The first-order valence-electron chi connectivity index (χ1n) is 6.95. The lowest BCUT2D eigenvalue weighted by atomic mass is 10.1. The molecule has 26 heavy (non-hydrogen) atoms. The van der Waals surface area contributed by atoms with Crippen molar-refractivity contribution in [2.45, 2.75) is 6.18 Å². The number of nitrogens with zero attached hydrogens (tertiary/aromatic N) is 4. The van der Waals surface area contributed by atoms with E-state index >= 15 is 0 Å². The number of nitrogens with one attached hydrogen (secondary N) is 1. The lowest BCUT2D eigenvalue weighted by molar-refractivity contribution is -0.137. The van der Waals surface area contributed by atoms with Crippen LogP contribution in [0.4, 0.5) is 18.9 Å². The quantitative estimate of drug-likeness (QED) is 0.666. The highest BCUT2D eigenvalue weighted by Gasteiger charge is 2.31. The lowest BCUT2D eigenvalue weighted by Gasteiger charge is -2.14. The van der Waals surface area contributed by atoms with E-state index in [0.717, 1.165) is 12.1 Å². The molecule has 0 aliphatic rings. The zero-order valence-corrected chi connectivity index (χ0v) is 14.1. The van der Waals surface area contributed by atoms with Crippen molar-refractivity contribution in [1.29, 1.82) is 0 Å². The summed E-state index contributed by atoms with van der Waals surface area (Å²) in [4.78, 5) is 20.0. The molecule has 3 rings (SSSR count). The number of benzene rings is 1. The number of halogens is 5. The van der Waals surface area contributed by atoms with Gasteiger partial charge in [-0.25, -0.2) is 14.6 Å². The lowest BCUT2D eigenvalue weighted by Crippen LogP contribution is -2.17. The normalized spacial score (nSPS) is 11.4. The van der Waals surface area contributed by atoms with Crippen molar-refractivity contribution in [3.05, 3.63) is 64.4 Å². The summed E-state index contributed by atoms with van der Waals surface area (Å²) in [7, 11) is 0. The van der Waals surface area contributed by atoms with Gasteiger partial charge in [-0.15, -0.1) is 0 Å². The molecule has 0 atom stereocenters. The molecule has 134 valence electrons. The van der Waals surface area contributed by atoms with Gasteiger partial charge in [0, 0.05) is 0 Å². The van der Waals surface area contributed by atoms with Gasteiger partial charge < -0.3 is 5.32 Å². The fraction of sp³-hybridized carbons (Fsp3) is 0.0667.